The molecule has 1 unspecified atom stereocenters. The van der Waals surface area contributed by atoms with Gasteiger partial charge < -0.3 is 14.8 Å². The molecule has 2 aliphatic heterocycles. The molecule has 2 fully saturated rings. The standard InChI is InChI=1S/C14H20BrN3O/c1-17-5-2-3-14(9-17)4-6-18(10-14)13(19)12-7-11(15)8-16-12/h7-8,16H,2-6,9-10H2,1H3. The van der Waals surface area contributed by atoms with E-state index in [0.717, 1.165) is 30.5 Å². The number of nitrogens with zero attached hydrogens (tertiary/aromatic N) is 2. The summed E-state index contributed by atoms with van der Waals surface area (Å²) in [7, 11) is 2.19. The van der Waals surface area contributed by atoms with Crippen LogP contribution in [0.3, 0.4) is 0 Å². The fourth-order valence-electron chi connectivity index (χ4n) is 3.56. The predicted octanol–water partition coefficient (Wildman–Crippen LogP) is 2.34. The van der Waals surface area contributed by atoms with E-state index in [1.165, 1.54) is 19.4 Å². The second-order valence-electron chi connectivity index (χ2n) is 6.05. The molecule has 1 spiro atoms. The van der Waals surface area contributed by atoms with Gasteiger partial charge in [-0.2, -0.15) is 0 Å². The Kier molecular flexibility index (Phi) is 3.43. The maximum absolute atomic E-state index is 12.4. The Balaban J connectivity index is 1.70. The molecule has 3 rings (SSSR count). The Bertz CT molecular complexity index is 487. The highest BCUT2D eigenvalue weighted by Gasteiger charge is 2.42. The zero-order valence-electron chi connectivity index (χ0n) is 11.3. The van der Waals surface area contributed by atoms with E-state index >= 15 is 0 Å². The second-order valence-corrected chi connectivity index (χ2v) is 6.97. The average molecular weight is 326 g/mol. The Labute approximate surface area is 122 Å². The molecule has 5 heteroatoms. The van der Waals surface area contributed by atoms with Crippen molar-refractivity contribution >= 4 is 21.8 Å². The van der Waals surface area contributed by atoms with Gasteiger partial charge in [0.15, 0.2) is 0 Å². The number of aromatic amines is 1. The fraction of sp³-hybridized carbons (Fsp3) is 0.643. The smallest absolute Gasteiger partial charge is 0.270 e. The van der Waals surface area contributed by atoms with Gasteiger partial charge in [0.2, 0.25) is 0 Å². The van der Waals surface area contributed by atoms with Crippen LogP contribution in [0.4, 0.5) is 0 Å². The van der Waals surface area contributed by atoms with Crippen LogP contribution in [0.2, 0.25) is 0 Å². The number of H-pyrrole nitrogens is 1. The van der Waals surface area contributed by atoms with Crippen LogP contribution in [0.5, 0.6) is 0 Å². The zero-order valence-corrected chi connectivity index (χ0v) is 12.9. The highest BCUT2D eigenvalue weighted by Crippen LogP contribution is 2.38. The van der Waals surface area contributed by atoms with Crippen molar-refractivity contribution in [3.8, 4) is 0 Å². The van der Waals surface area contributed by atoms with Gasteiger partial charge >= 0.3 is 0 Å². The topological polar surface area (TPSA) is 39.3 Å². The molecule has 0 saturated carbocycles. The van der Waals surface area contributed by atoms with E-state index < -0.39 is 0 Å². The van der Waals surface area contributed by atoms with Crippen molar-refractivity contribution in [1.29, 1.82) is 0 Å². The highest BCUT2D eigenvalue weighted by molar-refractivity contribution is 9.10. The van der Waals surface area contributed by atoms with Crippen molar-refractivity contribution in [3.05, 3.63) is 22.4 Å². The molecule has 3 heterocycles. The van der Waals surface area contributed by atoms with Gasteiger partial charge in [-0.3, -0.25) is 4.79 Å². The molecule has 0 aliphatic carbocycles. The first-order chi connectivity index (χ1) is 9.08. The Hall–Kier alpha value is -0.810. The van der Waals surface area contributed by atoms with Crippen LogP contribution in [0, 0.1) is 5.41 Å². The number of piperidine rings is 1. The lowest BCUT2D eigenvalue weighted by Gasteiger charge is -2.38. The largest absolute Gasteiger partial charge is 0.356 e. The summed E-state index contributed by atoms with van der Waals surface area (Å²) in [4.78, 5) is 19.9. The molecule has 1 atom stereocenters. The molecule has 1 aromatic heterocycles. The summed E-state index contributed by atoms with van der Waals surface area (Å²) in [6.07, 6.45) is 5.47. The lowest BCUT2D eigenvalue weighted by molar-refractivity contribution is 0.0718. The quantitative estimate of drug-likeness (QED) is 0.860. The second kappa shape index (κ2) is 4.94. The molecular formula is C14H20BrN3O. The molecule has 0 radical (unpaired) electrons. The van der Waals surface area contributed by atoms with Crippen molar-refractivity contribution in [3.63, 3.8) is 0 Å². The van der Waals surface area contributed by atoms with Crippen LogP contribution in [0.15, 0.2) is 16.7 Å². The molecule has 0 bridgehead atoms. The third kappa shape index (κ3) is 2.58. The number of halogens is 1. The number of amides is 1. The third-order valence-electron chi connectivity index (χ3n) is 4.46. The molecule has 104 valence electrons. The number of hydrogen-bond donors (Lipinski definition) is 1. The van der Waals surface area contributed by atoms with Gasteiger partial charge in [0.25, 0.3) is 5.91 Å². The molecule has 4 nitrogen and oxygen atoms in total. The summed E-state index contributed by atoms with van der Waals surface area (Å²) in [5.74, 6) is 0.135. The number of nitrogens with one attached hydrogen (secondary N) is 1. The minimum absolute atomic E-state index is 0.135. The molecular weight excluding hydrogens is 306 g/mol. The number of likely N-dealkylation sites (tertiary alicyclic amines) is 2. The van der Waals surface area contributed by atoms with E-state index in [-0.39, 0.29) is 5.91 Å². The van der Waals surface area contributed by atoms with Crippen LogP contribution >= 0.6 is 15.9 Å². The molecule has 1 N–H and O–H groups in total. The average Bonchev–Trinajstić information content (AvgIpc) is 2.96. The summed E-state index contributed by atoms with van der Waals surface area (Å²) in [6, 6.07) is 1.86. The minimum atomic E-state index is 0.135. The van der Waals surface area contributed by atoms with Crippen LogP contribution in [0.1, 0.15) is 29.8 Å². The first-order valence-corrected chi connectivity index (χ1v) is 7.69. The predicted molar refractivity (Wildman–Crippen MR) is 78.2 cm³/mol. The third-order valence-corrected chi connectivity index (χ3v) is 4.91. The van der Waals surface area contributed by atoms with E-state index in [1.54, 1.807) is 0 Å². The van der Waals surface area contributed by atoms with Crippen LogP contribution < -0.4 is 0 Å². The lowest BCUT2D eigenvalue weighted by Crippen LogP contribution is -2.43. The van der Waals surface area contributed by atoms with E-state index in [9.17, 15) is 4.79 Å². The number of aromatic nitrogens is 1. The van der Waals surface area contributed by atoms with Gasteiger partial charge in [-0.15, -0.1) is 0 Å². The molecule has 19 heavy (non-hydrogen) atoms. The molecule has 0 aromatic carbocycles. The number of rotatable bonds is 1. The fourth-order valence-corrected chi connectivity index (χ4v) is 3.90. The monoisotopic (exact) mass is 325 g/mol. The number of carbonyl (C=O) groups is 1. The lowest BCUT2D eigenvalue weighted by atomic mass is 9.79. The van der Waals surface area contributed by atoms with Crippen molar-refractivity contribution < 1.29 is 4.79 Å². The number of carbonyl (C=O) groups excluding carboxylic acids is 1. The van der Waals surface area contributed by atoms with Crippen molar-refractivity contribution in [2.75, 3.05) is 33.2 Å². The zero-order chi connectivity index (χ0) is 13.5. The van der Waals surface area contributed by atoms with E-state index in [2.05, 4.69) is 32.9 Å². The van der Waals surface area contributed by atoms with Crippen molar-refractivity contribution in [2.24, 2.45) is 5.41 Å². The van der Waals surface area contributed by atoms with Crippen molar-refractivity contribution in [1.82, 2.24) is 14.8 Å². The summed E-state index contributed by atoms with van der Waals surface area (Å²) in [5.41, 5.74) is 1.03. The first-order valence-electron chi connectivity index (χ1n) is 6.90. The van der Waals surface area contributed by atoms with Crippen molar-refractivity contribution in [2.45, 2.75) is 19.3 Å². The summed E-state index contributed by atoms with van der Waals surface area (Å²) >= 11 is 3.38. The van der Waals surface area contributed by atoms with E-state index in [4.69, 9.17) is 0 Å². The van der Waals surface area contributed by atoms with Gasteiger partial charge in [-0.05, 0) is 54.9 Å². The SMILES string of the molecule is CN1CCCC2(CCN(C(=O)c3cc(Br)c[nH]3)C2)C1. The first kappa shape index (κ1) is 13.2. The van der Waals surface area contributed by atoms with Crippen LogP contribution in [-0.4, -0.2) is 53.9 Å². The number of hydrogen-bond acceptors (Lipinski definition) is 2. The van der Waals surface area contributed by atoms with Gasteiger partial charge in [0.05, 0.1) is 0 Å². The molecule has 1 aromatic rings. The normalized spacial score (nSPS) is 28.2. The van der Waals surface area contributed by atoms with E-state index in [0.29, 0.717) is 11.1 Å². The minimum Gasteiger partial charge on any atom is -0.356 e. The molecule has 1 amide bonds. The maximum atomic E-state index is 12.4. The highest BCUT2D eigenvalue weighted by atomic mass is 79.9. The van der Waals surface area contributed by atoms with Gasteiger partial charge in [-0.25, -0.2) is 0 Å². The molecule has 2 saturated heterocycles. The Morgan fingerprint density at radius 2 is 2.21 bits per heavy atom. The van der Waals surface area contributed by atoms with Crippen LogP contribution in [0.25, 0.3) is 0 Å². The van der Waals surface area contributed by atoms with Gasteiger partial charge in [0, 0.05) is 35.7 Å². The van der Waals surface area contributed by atoms with E-state index in [1.807, 2.05) is 17.2 Å². The van der Waals surface area contributed by atoms with Gasteiger partial charge in [0.1, 0.15) is 5.69 Å². The summed E-state index contributed by atoms with van der Waals surface area (Å²) < 4.78 is 0.933. The summed E-state index contributed by atoms with van der Waals surface area (Å²) in [6.45, 7) is 4.13. The Morgan fingerprint density at radius 1 is 1.37 bits per heavy atom. The van der Waals surface area contributed by atoms with Crippen LogP contribution in [-0.2, 0) is 0 Å². The maximum Gasteiger partial charge on any atom is 0.270 e. The summed E-state index contributed by atoms with van der Waals surface area (Å²) in [5, 5.41) is 0. The Morgan fingerprint density at radius 3 is 2.89 bits per heavy atom. The molecule has 2 aliphatic rings. The van der Waals surface area contributed by atoms with Gasteiger partial charge in [-0.1, -0.05) is 0 Å².